The van der Waals surface area contributed by atoms with E-state index < -0.39 is 4.92 Å². The first-order valence-corrected chi connectivity index (χ1v) is 8.12. The Morgan fingerprint density at radius 3 is 2.12 bits per heavy atom. The number of nitrogens with zero attached hydrogens (tertiary/aromatic N) is 2. The van der Waals surface area contributed by atoms with Gasteiger partial charge in [0.15, 0.2) is 0 Å². The third-order valence-corrected chi connectivity index (χ3v) is 4.01. The predicted molar refractivity (Wildman–Crippen MR) is 102 cm³/mol. The number of carbonyl (C=O) groups excluding carboxylic acids is 1. The fourth-order valence-electron chi connectivity index (χ4n) is 2.39. The Hall–Kier alpha value is -3.31. The second-order valence-electron chi connectivity index (χ2n) is 5.41. The maximum Gasteiger partial charge on any atom is 0.269 e. The third kappa shape index (κ3) is 3.84. The second-order valence-corrected chi connectivity index (χ2v) is 5.82. The zero-order valence-corrected chi connectivity index (χ0v) is 14.3. The largest absolute Gasteiger partial charge is 0.287 e. The van der Waals surface area contributed by atoms with Crippen LogP contribution < -0.4 is 0 Å². The lowest BCUT2D eigenvalue weighted by Crippen LogP contribution is -2.16. The molecule has 0 aromatic heterocycles. The standard InChI is InChI=1S/C20H13ClN2O3/c21-18-9-5-4-8-17(18)20(24)19(22-15-6-2-1-3-7-15)14-10-12-16(13-11-14)23(25)26/h1-13H. The average Bonchev–Trinajstić information content (AvgIpc) is 2.67. The third-order valence-electron chi connectivity index (χ3n) is 3.68. The molecule has 0 aliphatic rings. The van der Waals surface area contributed by atoms with Crippen molar-refractivity contribution < 1.29 is 9.72 Å². The summed E-state index contributed by atoms with van der Waals surface area (Å²) in [6, 6.07) is 21.4. The monoisotopic (exact) mass is 364 g/mol. The molecule has 3 aromatic carbocycles. The van der Waals surface area contributed by atoms with E-state index in [1.54, 1.807) is 36.4 Å². The van der Waals surface area contributed by atoms with Gasteiger partial charge in [-0.1, -0.05) is 41.9 Å². The summed E-state index contributed by atoms with van der Waals surface area (Å²) in [7, 11) is 0. The van der Waals surface area contributed by atoms with E-state index in [9.17, 15) is 14.9 Å². The predicted octanol–water partition coefficient (Wildman–Crippen LogP) is 5.25. The quantitative estimate of drug-likeness (QED) is 0.268. The number of ketones is 1. The molecule has 0 saturated heterocycles. The van der Waals surface area contributed by atoms with Crippen LogP contribution in [0.3, 0.4) is 0 Å². The van der Waals surface area contributed by atoms with Crippen molar-refractivity contribution in [3.63, 3.8) is 0 Å². The smallest absolute Gasteiger partial charge is 0.269 e. The number of nitro benzene ring substituents is 1. The minimum absolute atomic E-state index is 0.0574. The zero-order valence-electron chi connectivity index (χ0n) is 13.5. The Balaban J connectivity index is 2.11. The Morgan fingerprint density at radius 1 is 0.885 bits per heavy atom. The molecule has 128 valence electrons. The molecule has 3 aromatic rings. The number of hydrogen-bond acceptors (Lipinski definition) is 4. The number of Topliss-reactive ketones (excluding diaryl/α,β-unsaturated/α-hetero) is 1. The van der Waals surface area contributed by atoms with Crippen molar-refractivity contribution in [1.82, 2.24) is 0 Å². The fraction of sp³-hybridized carbons (Fsp3) is 0. The van der Waals surface area contributed by atoms with Crippen LogP contribution in [0.2, 0.25) is 5.02 Å². The van der Waals surface area contributed by atoms with E-state index in [-0.39, 0.29) is 17.2 Å². The number of para-hydroxylation sites is 1. The van der Waals surface area contributed by atoms with Gasteiger partial charge in [0.05, 0.1) is 15.6 Å². The first-order chi connectivity index (χ1) is 12.6. The van der Waals surface area contributed by atoms with Crippen molar-refractivity contribution in [2.45, 2.75) is 0 Å². The Kier molecular flexibility index (Phi) is 5.20. The normalized spacial score (nSPS) is 11.2. The molecule has 0 aliphatic carbocycles. The zero-order chi connectivity index (χ0) is 18.5. The lowest BCUT2D eigenvalue weighted by Gasteiger charge is -2.08. The number of halogens is 1. The average molecular weight is 365 g/mol. The van der Waals surface area contributed by atoms with Crippen LogP contribution in [0.5, 0.6) is 0 Å². The number of carbonyl (C=O) groups is 1. The van der Waals surface area contributed by atoms with Gasteiger partial charge in [0.25, 0.3) is 5.69 Å². The van der Waals surface area contributed by atoms with Crippen molar-refractivity contribution in [1.29, 1.82) is 0 Å². The Labute approximate surface area is 154 Å². The minimum Gasteiger partial charge on any atom is -0.287 e. The van der Waals surface area contributed by atoms with Crippen LogP contribution >= 0.6 is 11.6 Å². The van der Waals surface area contributed by atoms with Gasteiger partial charge in [-0.25, -0.2) is 4.99 Å². The first kappa shape index (κ1) is 17.5. The number of aliphatic imine (C=N–C) groups is 1. The maximum absolute atomic E-state index is 13.0. The van der Waals surface area contributed by atoms with Gasteiger partial charge in [-0.05, 0) is 36.4 Å². The summed E-state index contributed by atoms with van der Waals surface area (Å²) in [5.74, 6) is -0.353. The van der Waals surface area contributed by atoms with E-state index >= 15 is 0 Å². The van der Waals surface area contributed by atoms with E-state index in [2.05, 4.69) is 4.99 Å². The molecule has 0 unspecified atom stereocenters. The van der Waals surface area contributed by atoms with Crippen molar-refractivity contribution in [2.24, 2.45) is 4.99 Å². The summed E-state index contributed by atoms with van der Waals surface area (Å²) >= 11 is 6.16. The molecule has 0 aliphatic heterocycles. The topological polar surface area (TPSA) is 72.6 Å². The molecule has 0 saturated carbocycles. The summed E-state index contributed by atoms with van der Waals surface area (Å²) in [5.41, 5.74) is 1.50. The molecule has 0 spiro atoms. The molecular weight excluding hydrogens is 352 g/mol. The maximum atomic E-state index is 13.0. The van der Waals surface area contributed by atoms with Crippen molar-refractivity contribution >= 4 is 34.5 Å². The number of benzene rings is 3. The molecule has 0 heterocycles. The van der Waals surface area contributed by atoms with Crippen molar-refractivity contribution in [3.8, 4) is 0 Å². The summed E-state index contributed by atoms with van der Waals surface area (Å²) in [6.07, 6.45) is 0. The van der Waals surface area contributed by atoms with Gasteiger partial charge < -0.3 is 0 Å². The molecular formula is C20H13ClN2O3. The Morgan fingerprint density at radius 2 is 1.50 bits per heavy atom. The molecule has 5 nitrogen and oxygen atoms in total. The Bertz CT molecular complexity index is 983. The molecule has 26 heavy (non-hydrogen) atoms. The van der Waals surface area contributed by atoms with Gasteiger partial charge in [-0.3, -0.25) is 14.9 Å². The molecule has 6 heteroatoms. The van der Waals surface area contributed by atoms with E-state index in [0.29, 0.717) is 21.8 Å². The first-order valence-electron chi connectivity index (χ1n) is 7.74. The van der Waals surface area contributed by atoms with Gasteiger partial charge in [0, 0.05) is 23.3 Å². The molecule has 0 atom stereocenters. The molecule has 0 radical (unpaired) electrons. The highest BCUT2D eigenvalue weighted by Crippen LogP contribution is 2.22. The van der Waals surface area contributed by atoms with Gasteiger partial charge in [-0.2, -0.15) is 0 Å². The lowest BCUT2D eigenvalue weighted by atomic mass is 10.00. The van der Waals surface area contributed by atoms with Crippen molar-refractivity contribution in [3.05, 3.63) is 105 Å². The summed E-state index contributed by atoms with van der Waals surface area (Å²) in [6.45, 7) is 0. The van der Waals surface area contributed by atoms with E-state index in [1.165, 1.54) is 24.3 Å². The highest BCUT2D eigenvalue weighted by Gasteiger charge is 2.19. The summed E-state index contributed by atoms with van der Waals surface area (Å²) < 4.78 is 0. The van der Waals surface area contributed by atoms with E-state index in [4.69, 9.17) is 11.6 Å². The van der Waals surface area contributed by atoms with Crippen LogP contribution in [0.15, 0.2) is 83.9 Å². The summed E-state index contributed by atoms with van der Waals surface area (Å²) in [5, 5.41) is 11.2. The van der Waals surface area contributed by atoms with Gasteiger partial charge >= 0.3 is 0 Å². The van der Waals surface area contributed by atoms with Crippen molar-refractivity contribution in [2.75, 3.05) is 0 Å². The highest BCUT2D eigenvalue weighted by molar-refractivity contribution is 6.54. The molecule has 0 amide bonds. The summed E-state index contributed by atoms with van der Waals surface area (Å²) in [4.78, 5) is 27.9. The van der Waals surface area contributed by atoms with Crippen LogP contribution in [0.1, 0.15) is 15.9 Å². The van der Waals surface area contributed by atoms with Gasteiger partial charge in [-0.15, -0.1) is 0 Å². The van der Waals surface area contributed by atoms with E-state index in [0.717, 1.165) is 0 Å². The SMILES string of the molecule is O=C(C(=Nc1ccccc1)c1ccc([N+](=O)[O-])cc1)c1ccccc1Cl. The highest BCUT2D eigenvalue weighted by atomic mass is 35.5. The molecule has 0 N–H and O–H groups in total. The van der Waals surface area contributed by atoms with Gasteiger partial charge in [0.1, 0.15) is 5.71 Å². The number of nitro groups is 1. The van der Waals surface area contributed by atoms with Crippen LogP contribution in [0.4, 0.5) is 11.4 Å². The lowest BCUT2D eigenvalue weighted by molar-refractivity contribution is -0.384. The van der Waals surface area contributed by atoms with E-state index in [1.807, 2.05) is 18.2 Å². The molecule has 0 bridgehead atoms. The minimum atomic E-state index is -0.492. The fourth-order valence-corrected chi connectivity index (χ4v) is 2.61. The number of hydrogen-bond donors (Lipinski definition) is 0. The molecule has 3 rings (SSSR count). The number of rotatable bonds is 5. The van der Waals surface area contributed by atoms with Crippen LogP contribution in [-0.2, 0) is 0 Å². The van der Waals surface area contributed by atoms with Crippen LogP contribution in [-0.4, -0.2) is 16.4 Å². The number of non-ortho nitro benzene ring substituents is 1. The van der Waals surface area contributed by atoms with Crippen LogP contribution in [0.25, 0.3) is 0 Å². The van der Waals surface area contributed by atoms with Gasteiger partial charge in [0.2, 0.25) is 5.78 Å². The second kappa shape index (κ2) is 7.72. The van der Waals surface area contributed by atoms with Crippen LogP contribution in [0, 0.1) is 10.1 Å². The molecule has 0 fully saturated rings.